The first-order chi connectivity index (χ1) is 15.0. The molecule has 0 saturated carbocycles. The SMILES string of the molecule is CCN(CC(=O)Nc1ccc(NC(=O)c2cccs2)cc1)C(C)c1cccc(OC)c1. The number of ether oxygens (including phenoxy) is 1. The predicted octanol–water partition coefficient (Wildman–Crippen LogP) is 5.03. The van der Waals surface area contributed by atoms with E-state index >= 15 is 0 Å². The number of methoxy groups -OCH3 is 1. The number of hydrogen-bond acceptors (Lipinski definition) is 5. The number of anilines is 2. The molecule has 3 aromatic rings. The van der Waals surface area contributed by atoms with Gasteiger partial charge in [0, 0.05) is 17.4 Å². The molecule has 7 heteroatoms. The number of benzene rings is 2. The van der Waals surface area contributed by atoms with Gasteiger partial charge in [-0.15, -0.1) is 11.3 Å². The second-order valence-corrected chi connectivity index (χ2v) is 8.02. The minimum absolute atomic E-state index is 0.0701. The summed E-state index contributed by atoms with van der Waals surface area (Å²) >= 11 is 1.39. The molecule has 31 heavy (non-hydrogen) atoms. The van der Waals surface area contributed by atoms with Crippen molar-refractivity contribution in [3.63, 3.8) is 0 Å². The highest BCUT2D eigenvalue weighted by atomic mass is 32.1. The quantitative estimate of drug-likeness (QED) is 0.493. The molecule has 6 nitrogen and oxygen atoms in total. The van der Waals surface area contributed by atoms with E-state index in [1.807, 2.05) is 42.6 Å². The van der Waals surface area contributed by atoms with Gasteiger partial charge in [0.15, 0.2) is 0 Å². The van der Waals surface area contributed by atoms with Crippen LogP contribution in [0.3, 0.4) is 0 Å². The fraction of sp³-hybridized carbons (Fsp3) is 0.250. The van der Waals surface area contributed by atoms with Gasteiger partial charge < -0.3 is 15.4 Å². The molecule has 162 valence electrons. The van der Waals surface area contributed by atoms with Crippen molar-refractivity contribution in [3.8, 4) is 5.75 Å². The van der Waals surface area contributed by atoms with Crippen molar-refractivity contribution in [1.82, 2.24) is 4.90 Å². The summed E-state index contributed by atoms with van der Waals surface area (Å²) < 4.78 is 5.31. The fourth-order valence-corrected chi connectivity index (χ4v) is 3.88. The van der Waals surface area contributed by atoms with Crippen LogP contribution in [-0.4, -0.2) is 36.9 Å². The summed E-state index contributed by atoms with van der Waals surface area (Å²) in [6.07, 6.45) is 0. The summed E-state index contributed by atoms with van der Waals surface area (Å²) in [5.41, 5.74) is 2.46. The molecule has 0 aliphatic carbocycles. The van der Waals surface area contributed by atoms with E-state index in [2.05, 4.69) is 22.5 Å². The van der Waals surface area contributed by atoms with Crippen LogP contribution in [0, 0.1) is 0 Å². The third kappa shape index (κ3) is 6.16. The molecular formula is C24H27N3O3S. The second-order valence-electron chi connectivity index (χ2n) is 7.07. The van der Waals surface area contributed by atoms with Crippen LogP contribution >= 0.6 is 11.3 Å². The molecule has 0 aliphatic rings. The molecule has 0 radical (unpaired) electrons. The lowest BCUT2D eigenvalue weighted by molar-refractivity contribution is -0.117. The Bertz CT molecular complexity index is 1000. The highest BCUT2D eigenvalue weighted by molar-refractivity contribution is 7.12. The Labute approximate surface area is 186 Å². The summed E-state index contributed by atoms with van der Waals surface area (Å²) in [5.74, 6) is 0.569. The zero-order valence-corrected chi connectivity index (χ0v) is 18.7. The number of thiophene rings is 1. The summed E-state index contributed by atoms with van der Waals surface area (Å²) in [6, 6.07) is 18.7. The molecule has 2 aromatic carbocycles. The zero-order chi connectivity index (χ0) is 22.2. The van der Waals surface area contributed by atoms with Crippen molar-refractivity contribution < 1.29 is 14.3 Å². The number of amides is 2. The van der Waals surface area contributed by atoms with E-state index in [4.69, 9.17) is 4.74 Å². The molecule has 0 bridgehead atoms. The molecule has 1 aromatic heterocycles. The van der Waals surface area contributed by atoms with Gasteiger partial charge in [-0.25, -0.2) is 0 Å². The van der Waals surface area contributed by atoms with E-state index in [9.17, 15) is 9.59 Å². The molecule has 0 spiro atoms. The molecule has 0 aliphatic heterocycles. The third-order valence-electron chi connectivity index (χ3n) is 5.05. The maximum absolute atomic E-state index is 12.6. The van der Waals surface area contributed by atoms with Crippen molar-refractivity contribution in [2.24, 2.45) is 0 Å². The molecular weight excluding hydrogens is 410 g/mol. The molecule has 1 unspecified atom stereocenters. The first kappa shape index (κ1) is 22.5. The van der Waals surface area contributed by atoms with Crippen molar-refractivity contribution in [1.29, 1.82) is 0 Å². The van der Waals surface area contributed by atoms with Crippen molar-refractivity contribution in [3.05, 3.63) is 76.5 Å². The van der Waals surface area contributed by atoms with Crippen LogP contribution in [0.1, 0.15) is 35.1 Å². The smallest absolute Gasteiger partial charge is 0.265 e. The third-order valence-corrected chi connectivity index (χ3v) is 5.92. The first-order valence-electron chi connectivity index (χ1n) is 10.1. The van der Waals surface area contributed by atoms with Crippen molar-refractivity contribution >= 4 is 34.5 Å². The van der Waals surface area contributed by atoms with E-state index in [0.29, 0.717) is 16.3 Å². The Hall–Kier alpha value is -3.16. The molecule has 1 atom stereocenters. The lowest BCUT2D eigenvalue weighted by atomic mass is 10.1. The van der Waals surface area contributed by atoms with Crippen LogP contribution in [0.4, 0.5) is 11.4 Å². The average molecular weight is 438 g/mol. The monoisotopic (exact) mass is 437 g/mol. The summed E-state index contributed by atoms with van der Waals surface area (Å²) in [5, 5.41) is 7.64. The van der Waals surface area contributed by atoms with Gasteiger partial charge in [0.1, 0.15) is 5.75 Å². The van der Waals surface area contributed by atoms with Crippen LogP contribution in [0.2, 0.25) is 0 Å². The lowest BCUT2D eigenvalue weighted by Crippen LogP contribution is -2.35. The maximum Gasteiger partial charge on any atom is 0.265 e. The maximum atomic E-state index is 12.6. The molecule has 2 N–H and O–H groups in total. The Kier molecular flexibility index (Phi) is 7.81. The van der Waals surface area contributed by atoms with E-state index < -0.39 is 0 Å². The highest BCUT2D eigenvalue weighted by Crippen LogP contribution is 2.24. The summed E-state index contributed by atoms with van der Waals surface area (Å²) in [4.78, 5) is 27.5. The van der Waals surface area contributed by atoms with E-state index in [0.717, 1.165) is 17.9 Å². The fourth-order valence-electron chi connectivity index (χ4n) is 3.26. The van der Waals surface area contributed by atoms with Crippen LogP contribution < -0.4 is 15.4 Å². The normalized spacial score (nSPS) is 11.7. The average Bonchev–Trinajstić information content (AvgIpc) is 3.33. The van der Waals surface area contributed by atoms with E-state index in [-0.39, 0.29) is 24.4 Å². The molecule has 0 saturated heterocycles. The van der Waals surface area contributed by atoms with E-state index in [1.165, 1.54) is 11.3 Å². The van der Waals surface area contributed by atoms with Crippen LogP contribution in [-0.2, 0) is 4.79 Å². The number of nitrogens with zero attached hydrogens (tertiary/aromatic N) is 1. The Morgan fingerprint density at radius 2 is 1.74 bits per heavy atom. The van der Waals surface area contributed by atoms with Gasteiger partial charge in [0.25, 0.3) is 5.91 Å². The Morgan fingerprint density at radius 1 is 1.03 bits per heavy atom. The molecule has 2 amide bonds. The topological polar surface area (TPSA) is 70.7 Å². The van der Waals surface area contributed by atoms with Crippen LogP contribution in [0.5, 0.6) is 5.75 Å². The Balaban J connectivity index is 1.56. The van der Waals surface area contributed by atoms with Crippen molar-refractivity contribution in [2.45, 2.75) is 19.9 Å². The van der Waals surface area contributed by atoms with Crippen molar-refractivity contribution in [2.75, 3.05) is 30.8 Å². The largest absolute Gasteiger partial charge is 0.497 e. The van der Waals surface area contributed by atoms with Crippen LogP contribution in [0.25, 0.3) is 0 Å². The number of likely N-dealkylation sites (N-methyl/N-ethyl adjacent to an activating group) is 1. The lowest BCUT2D eigenvalue weighted by Gasteiger charge is -2.27. The van der Waals surface area contributed by atoms with Gasteiger partial charge in [-0.1, -0.05) is 25.1 Å². The summed E-state index contributed by atoms with van der Waals surface area (Å²) in [7, 11) is 1.65. The minimum Gasteiger partial charge on any atom is -0.497 e. The number of carbonyl (C=O) groups excluding carboxylic acids is 2. The van der Waals surface area contributed by atoms with Crippen LogP contribution in [0.15, 0.2) is 66.0 Å². The Morgan fingerprint density at radius 3 is 2.35 bits per heavy atom. The predicted molar refractivity (Wildman–Crippen MR) is 126 cm³/mol. The van der Waals surface area contributed by atoms with Gasteiger partial charge in [0.05, 0.1) is 18.5 Å². The summed E-state index contributed by atoms with van der Waals surface area (Å²) in [6.45, 7) is 5.12. The van der Waals surface area contributed by atoms with Gasteiger partial charge >= 0.3 is 0 Å². The molecule has 1 heterocycles. The number of carbonyl (C=O) groups is 2. The first-order valence-corrected chi connectivity index (χ1v) is 11.0. The van der Waals surface area contributed by atoms with Gasteiger partial charge in [-0.3, -0.25) is 14.5 Å². The highest BCUT2D eigenvalue weighted by Gasteiger charge is 2.18. The van der Waals surface area contributed by atoms with E-state index in [1.54, 1.807) is 37.4 Å². The van der Waals surface area contributed by atoms with Gasteiger partial charge in [-0.05, 0) is 66.9 Å². The second kappa shape index (κ2) is 10.7. The number of hydrogen-bond donors (Lipinski definition) is 2. The van der Waals surface area contributed by atoms with Gasteiger partial charge in [-0.2, -0.15) is 0 Å². The zero-order valence-electron chi connectivity index (χ0n) is 17.9. The van der Waals surface area contributed by atoms with Gasteiger partial charge in [0.2, 0.25) is 5.91 Å². The minimum atomic E-state index is -0.142. The standard InChI is InChI=1S/C24H27N3O3S/c1-4-27(17(2)18-7-5-8-21(15-18)30-3)16-23(28)25-19-10-12-20(13-11-19)26-24(29)22-9-6-14-31-22/h5-15,17H,4,16H2,1-3H3,(H,25,28)(H,26,29). The number of nitrogens with one attached hydrogen (secondary N) is 2. The molecule has 3 rings (SSSR count). The number of rotatable bonds is 9. The molecule has 0 fully saturated rings.